The molecule has 0 aromatic heterocycles. The van der Waals surface area contributed by atoms with Gasteiger partial charge < -0.3 is 21.5 Å². The second-order valence-corrected chi connectivity index (χ2v) is 4.26. The predicted molar refractivity (Wildman–Crippen MR) is 80.8 cm³/mol. The third kappa shape index (κ3) is 3.20. The van der Waals surface area contributed by atoms with Crippen LogP contribution in [0.2, 0.25) is 0 Å². The number of carbonyl (C=O) groups excluding carboxylic acids is 1. The minimum absolute atomic E-state index is 0.252. The maximum Gasteiger partial charge on any atom is 0.259 e. The second kappa shape index (κ2) is 5.97. The Balaban J connectivity index is 2.22. The lowest BCUT2D eigenvalue weighted by molar-refractivity contribution is 0.102. The number of benzene rings is 2. The van der Waals surface area contributed by atoms with Crippen LogP contribution in [-0.4, -0.2) is 12.5 Å². The SMILES string of the molecule is CCOc1cc(N)ccc1C(=O)Nc1ccc(N)cc1. The number of hydrogen-bond acceptors (Lipinski definition) is 4. The van der Waals surface area contributed by atoms with Gasteiger partial charge in [-0.2, -0.15) is 0 Å². The molecule has 104 valence electrons. The summed E-state index contributed by atoms with van der Waals surface area (Å²) in [5.41, 5.74) is 13.6. The maximum absolute atomic E-state index is 12.2. The highest BCUT2D eigenvalue weighted by Gasteiger charge is 2.13. The van der Waals surface area contributed by atoms with Gasteiger partial charge in [-0.05, 0) is 43.3 Å². The highest BCUT2D eigenvalue weighted by Crippen LogP contribution is 2.23. The Labute approximate surface area is 117 Å². The second-order valence-electron chi connectivity index (χ2n) is 4.26. The molecule has 0 saturated heterocycles. The third-order valence-electron chi connectivity index (χ3n) is 2.72. The van der Waals surface area contributed by atoms with Crippen molar-refractivity contribution in [2.24, 2.45) is 0 Å². The summed E-state index contributed by atoms with van der Waals surface area (Å²) >= 11 is 0. The van der Waals surface area contributed by atoms with Crippen LogP contribution in [0.25, 0.3) is 0 Å². The van der Waals surface area contributed by atoms with Crippen LogP contribution in [-0.2, 0) is 0 Å². The highest BCUT2D eigenvalue weighted by molar-refractivity contribution is 6.06. The topological polar surface area (TPSA) is 90.4 Å². The molecule has 0 radical (unpaired) electrons. The van der Waals surface area contributed by atoms with Crippen LogP contribution < -0.4 is 21.5 Å². The molecule has 2 aromatic carbocycles. The van der Waals surface area contributed by atoms with Crippen molar-refractivity contribution in [3.8, 4) is 5.75 Å². The minimum atomic E-state index is -0.252. The highest BCUT2D eigenvalue weighted by atomic mass is 16.5. The Morgan fingerprint density at radius 1 is 1.10 bits per heavy atom. The number of anilines is 3. The maximum atomic E-state index is 12.2. The van der Waals surface area contributed by atoms with E-state index in [-0.39, 0.29) is 5.91 Å². The van der Waals surface area contributed by atoms with Gasteiger partial charge in [0.2, 0.25) is 0 Å². The van der Waals surface area contributed by atoms with Crippen molar-refractivity contribution in [2.45, 2.75) is 6.92 Å². The molecule has 2 rings (SSSR count). The molecule has 0 aliphatic heterocycles. The number of nitrogens with one attached hydrogen (secondary N) is 1. The number of nitrogen functional groups attached to an aromatic ring is 2. The lowest BCUT2D eigenvalue weighted by atomic mass is 10.1. The molecular weight excluding hydrogens is 254 g/mol. The van der Waals surface area contributed by atoms with Crippen LogP contribution in [0.5, 0.6) is 5.75 Å². The molecule has 0 aliphatic rings. The number of amides is 1. The molecule has 0 unspecified atom stereocenters. The van der Waals surface area contributed by atoms with Gasteiger partial charge in [0.1, 0.15) is 5.75 Å². The van der Waals surface area contributed by atoms with Crippen molar-refractivity contribution in [1.29, 1.82) is 0 Å². The molecule has 20 heavy (non-hydrogen) atoms. The van der Waals surface area contributed by atoms with Crippen LogP contribution in [0, 0.1) is 0 Å². The summed E-state index contributed by atoms with van der Waals surface area (Å²) in [4.78, 5) is 12.2. The van der Waals surface area contributed by atoms with Gasteiger partial charge in [0.05, 0.1) is 12.2 Å². The number of nitrogens with two attached hydrogens (primary N) is 2. The van der Waals surface area contributed by atoms with Crippen molar-refractivity contribution in [2.75, 3.05) is 23.4 Å². The Morgan fingerprint density at radius 3 is 2.40 bits per heavy atom. The van der Waals surface area contributed by atoms with E-state index in [4.69, 9.17) is 16.2 Å². The summed E-state index contributed by atoms with van der Waals surface area (Å²) in [5, 5.41) is 2.79. The van der Waals surface area contributed by atoms with Crippen LogP contribution in [0.4, 0.5) is 17.1 Å². The minimum Gasteiger partial charge on any atom is -0.493 e. The predicted octanol–water partition coefficient (Wildman–Crippen LogP) is 2.50. The van der Waals surface area contributed by atoms with E-state index in [9.17, 15) is 4.79 Å². The first-order valence-corrected chi connectivity index (χ1v) is 6.29. The van der Waals surface area contributed by atoms with E-state index >= 15 is 0 Å². The number of hydrogen-bond donors (Lipinski definition) is 3. The van der Waals surface area contributed by atoms with E-state index < -0.39 is 0 Å². The molecule has 0 heterocycles. The molecule has 0 aliphatic carbocycles. The normalized spacial score (nSPS) is 10.1. The summed E-state index contributed by atoms with van der Waals surface area (Å²) in [6.07, 6.45) is 0. The zero-order chi connectivity index (χ0) is 14.5. The summed E-state index contributed by atoms with van der Waals surface area (Å²) < 4.78 is 5.43. The fourth-order valence-corrected chi connectivity index (χ4v) is 1.77. The molecule has 0 saturated carbocycles. The zero-order valence-electron chi connectivity index (χ0n) is 11.2. The fourth-order valence-electron chi connectivity index (χ4n) is 1.77. The Bertz CT molecular complexity index is 609. The Hall–Kier alpha value is -2.69. The van der Waals surface area contributed by atoms with Gasteiger partial charge in [0.15, 0.2) is 0 Å². The Kier molecular flexibility index (Phi) is 4.10. The Morgan fingerprint density at radius 2 is 1.75 bits per heavy atom. The van der Waals surface area contributed by atoms with Gasteiger partial charge >= 0.3 is 0 Å². The third-order valence-corrected chi connectivity index (χ3v) is 2.72. The van der Waals surface area contributed by atoms with Crippen LogP contribution >= 0.6 is 0 Å². The summed E-state index contributed by atoms with van der Waals surface area (Å²) in [6.45, 7) is 2.32. The fraction of sp³-hybridized carbons (Fsp3) is 0.133. The summed E-state index contributed by atoms with van der Waals surface area (Å²) in [6, 6.07) is 11.9. The lowest BCUT2D eigenvalue weighted by Crippen LogP contribution is -2.14. The largest absolute Gasteiger partial charge is 0.493 e. The average Bonchev–Trinajstić information content (AvgIpc) is 2.42. The van der Waals surface area contributed by atoms with Gasteiger partial charge in [-0.1, -0.05) is 0 Å². The van der Waals surface area contributed by atoms with Crippen molar-refractivity contribution in [3.63, 3.8) is 0 Å². The monoisotopic (exact) mass is 271 g/mol. The van der Waals surface area contributed by atoms with Gasteiger partial charge in [-0.15, -0.1) is 0 Å². The first-order valence-electron chi connectivity index (χ1n) is 6.29. The molecule has 0 fully saturated rings. The number of rotatable bonds is 4. The molecular formula is C15H17N3O2. The quantitative estimate of drug-likeness (QED) is 0.745. The van der Waals surface area contributed by atoms with Gasteiger partial charge in [0.25, 0.3) is 5.91 Å². The lowest BCUT2D eigenvalue weighted by Gasteiger charge is -2.11. The standard InChI is InChI=1S/C15H17N3O2/c1-2-20-14-9-11(17)5-8-13(14)15(19)18-12-6-3-10(16)4-7-12/h3-9H,2,16-17H2,1H3,(H,18,19). The first kappa shape index (κ1) is 13.7. The molecule has 1 amide bonds. The van der Waals surface area contributed by atoms with Crippen LogP contribution in [0.15, 0.2) is 42.5 Å². The van der Waals surface area contributed by atoms with Gasteiger partial charge in [-0.3, -0.25) is 4.79 Å². The average molecular weight is 271 g/mol. The van der Waals surface area contributed by atoms with E-state index in [1.807, 2.05) is 6.92 Å². The number of ether oxygens (including phenoxy) is 1. The van der Waals surface area contributed by atoms with Crippen molar-refractivity contribution in [3.05, 3.63) is 48.0 Å². The van der Waals surface area contributed by atoms with E-state index in [0.29, 0.717) is 35.0 Å². The van der Waals surface area contributed by atoms with E-state index in [2.05, 4.69) is 5.32 Å². The summed E-state index contributed by atoms with van der Waals surface area (Å²) in [7, 11) is 0. The van der Waals surface area contributed by atoms with Gasteiger partial charge in [-0.25, -0.2) is 0 Å². The smallest absolute Gasteiger partial charge is 0.259 e. The van der Waals surface area contributed by atoms with E-state index in [1.54, 1.807) is 42.5 Å². The van der Waals surface area contributed by atoms with Crippen molar-refractivity contribution in [1.82, 2.24) is 0 Å². The molecule has 5 heteroatoms. The molecule has 0 spiro atoms. The molecule has 5 N–H and O–H groups in total. The van der Waals surface area contributed by atoms with Crippen LogP contribution in [0.3, 0.4) is 0 Å². The summed E-state index contributed by atoms with van der Waals surface area (Å²) in [5.74, 6) is 0.221. The zero-order valence-corrected chi connectivity index (χ0v) is 11.2. The van der Waals surface area contributed by atoms with E-state index in [0.717, 1.165) is 0 Å². The number of carbonyl (C=O) groups is 1. The van der Waals surface area contributed by atoms with Crippen molar-refractivity contribution < 1.29 is 9.53 Å². The van der Waals surface area contributed by atoms with Crippen molar-refractivity contribution >= 4 is 23.0 Å². The first-order chi connectivity index (χ1) is 9.60. The molecule has 2 aromatic rings. The molecule has 5 nitrogen and oxygen atoms in total. The molecule has 0 bridgehead atoms. The van der Waals surface area contributed by atoms with Gasteiger partial charge in [0, 0.05) is 23.1 Å². The van der Waals surface area contributed by atoms with Crippen LogP contribution in [0.1, 0.15) is 17.3 Å². The molecule has 0 atom stereocenters. The van der Waals surface area contributed by atoms with E-state index in [1.165, 1.54) is 0 Å².